The van der Waals surface area contributed by atoms with Crippen molar-refractivity contribution in [3.05, 3.63) is 23.8 Å². The van der Waals surface area contributed by atoms with E-state index in [4.69, 9.17) is 0 Å². The lowest BCUT2D eigenvalue weighted by Gasteiger charge is -2.57. The fourth-order valence-corrected chi connectivity index (χ4v) is 7.83. The first-order chi connectivity index (χ1) is 14.7. The molecule has 0 bridgehead atoms. The number of allylic oxidation sites excluding steroid dienone is 4. The van der Waals surface area contributed by atoms with Crippen LogP contribution >= 0.6 is 0 Å². The van der Waals surface area contributed by atoms with Gasteiger partial charge in [0.05, 0.1) is 0 Å². The van der Waals surface area contributed by atoms with E-state index in [0.29, 0.717) is 36.8 Å². The number of carbonyl (C=O) groups excluding carboxylic acids is 3. The van der Waals surface area contributed by atoms with Crippen molar-refractivity contribution in [2.45, 2.75) is 66.2 Å². The van der Waals surface area contributed by atoms with Crippen molar-refractivity contribution >= 4 is 17.6 Å². The molecule has 0 unspecified atom stereocenters. The molecule has 7 atom stereocenters. The van der Waals surface area contributed by atoms with E-state index < -0.39 is 0 Å². The fourth-order valence-electron chi connectivity index (χ4n) is 7.83. The van der Waals surface area contributed by atoms with Gasteiger partial charge in [0.1, 0.15) is 0 Å². The van der Waals surface area contributed by atoms with Crippen molar-refractivity contribution in [2.24, 2.45) is 40.4 Å². The van der Waals surface area contributed by atoms with Crippen molar-refractivity contribution in [1.82, 2.24) is 10.6 Å². The normalized spacial score (nSPS) is 39.6. The maximum atomic E-state index is 12.9. The molecule has 0 radical (unpaired) electrons. The predicted octanol–water partition coefficient (Wildman–Crippen LogP) is 3.80. The Morgan fingerprint density at radius 3 is 2.58 bits per heavy atom. The SMILES string of the molecule is CC(=O)NCCNC(=O)[C@@H](C)[C@H]1CC[C@H]2[C@@H]3CCC4=CC(=O)C=C[C@]4(C)[C@H]3CC[C@]12C. The van der Waals surface area contributed by atoms with Gasteiger partial charge in [-0.15, -0.1) is 0 Å². The molecule has 0 aliphatic heterocycles. The molecule has 31 heavy (non-hydrogen) atoms. The molecular weight excluding hydrogens is 388 g/mol. The third-order valence-corrected chi connectivity index (χ3v) is 9.45. The number of ketones is 1. The van der Waals surface area contributed by atoms with Crippen molar-refractivity contribution < 1.29 is 14.4 Å². The molecule has 4 rings (SSSR count). The number of rotatable bonds is 5. The Kier molecular flexibility index (Phi) is 5.91. The summed E-state index contributed by atoms with van der Waals surface area (Å²) >= 11 is 0. The molecule has 3 fully saturated rings. The van der Waals surface area contributed by atoms with Crippen LogP contribution in [0.15, 0.2) is 23.8 Å². The van der Waals surface area contributed by atoms with Gasteiger partial charge in [0.25, 0.3) is 0 Å². The van der Waals surface area contributed by atoms with Gasteiger partial charge in [-0.2, -0.15) is 0 Å². The van der Waals surface area contributed by atoms with Gasteiger partial charge >= 0.3 is 0 Å². The third-order valence-electron chi connectivity index (χ3n) is 9.45. The van der Waals surface area contributed by atoms with Gasteiger partial charge in [0.15, 0.2) is 5.78 Å². The molecule has 0 spiro atoms. The van der Waals surface area contributed by atoms with Crippen molar-refractivity contribution in [3.63, 3.8) is 0 Å². The highest BCUT2D eigenvalue weighted by atomic mass is 16.2. The van der Waals surface area contributed by atoms with Gasteiger partial charge in [-0.25, -0.2) is 0 Å². The number of fused-ring (bicyclic) bond motifs is 5. The van der Waals surface area contributed by atoms with Gasteiger partial charge in [0.2, 0.25) is 11.8 Å². The first-order valence-electron chi connectivity index (χ1n) is 12.1. The second-order valence-electron chi connectivity index (χ2n) is 10.9. The van der Waals surface area contributed by atoms with Crippen LogP contribution < -0.4 is 10.6 Å². The van der Waals surface area contributed by atoms with Gasteiger partial charge in [-0.1, -0.05) is 32.4 Å². The summed E-state index contributed by atoms with van der Waals surface area (Å²) in [6.07, 6.45) is 12.8. The Hall–Kier alpha value is -1.91. The van der Waals surface area contributed by atoms with Crippen molar-refractivity contribution in [3.8, 4) is 0 Å². The summed E-state index contributed by atoms with van der Waals surface area (Å²) in [6.45, 7) is 9.34. The molecule has 4 aliphatic rings. The molecule has 3 saturated carbocycles. The Morgan fingerprint density at radius 1 is 1.10 bits per heavy atom. The molecule has 0 aromatic carbocycles. The monoisotopic (exact) mass is 426 g/mol. The summed E-state index contributed by atoms with van der Waals surface area (Å²) in [5.74, 6) is 2.55. The second kappa shape index (κ2) is 8.22. The van der Waals surface area contributed by atoms with E-state index in [9.17, 15) is 14.4 Å². The predicted molar refractivity (Wildman–Crippen MR) is 121 cm³/mol. The van der Waals surface area contributed by atoms with E-state index >= 15 is 0 Å². The van der Waals surface area contributed by atoms with Gasteiger partial charge < -0.3 is 10.6 Å². The largest absolute Gasteiger partial charge is 0.355 e. The van der Waals surface area contributed by atoms with Crippen LogP contribution in [0, 0.1) is 40.4 Å². The number of nitrogens with one attached hydrogen (secondary N) is 2. The van der Waals surface area contributed by atoms with Crippen molar-refractivity contribution in [2.75, 3.05) is 13.1 Å². The number of carbonyl (C=O) groups is 3. The lowest BCUT2D eigenvalue weighted by atomic mass is 9.47. The molecule has 4 aliphatic carbocycles. The minimum Gasteiger partial charge on any atom is -0.355 e. The third kappa shape index (κ3) is 3.78. The molecule has 0 aromatic heterocycles. The topological polar surface area (TPSA) is 75.3 Å². The van der Waals surface area contributed by atoms with Crippen LogP contribution in [0.25, 0.3) is 0 Å². The Bertz CT molecular complexity index is 831. The molecule has 2 amide bonds. The first-order valence-corrected chi connectivity index (χ1v) is 12.1. The summed E-state index contributed by atoms with van der Waals surface area (Å²) in [5.41, 5.74) is 1.58. The molecule has 2 N–H and O–H groups in total. The maximum absolute atomic E-state index is 12.9. The quantitative estimate of drug-likeness (QED) is 0.657. The lowest BCUT2D eigenvalue weighted by molar-refractivity contribution is -0.129. The average Bonchev–Trinajstić information content (AvgIpc) is 3.08. The summed E-state index contributed by atoms with van der Waals surface area (Å²) in [4.78, 5) is 35.8. The second-order valence-corrected chi connectivity index (χ2v) is 10.9. The Morgan fingerprint density at radius 2 is 1.84 bits per heavy atom. The van der Waals surface area contributed by atoms with Gasteiger partial charge in [-0.3, -0.25) is 14.4 Å². The zero-order chi connectivity index (χ0) is 22.4. The lowest BCUT2D eigenvalue weighted by Crippen LogP contribution is -2.51. The molecule has 5 heteroatoms. The molecule has 170 valence electrons. The number of hydrogen-bond donors (Lipinski definition) is 2. The molecule has 0 aromatic rings. The van der Waals surface area contributed by atoms with E-state index in [-0.39, 0.29) is 34.3 Å². The molecule has 5 nitrogen and oxygen atoms in total. The van der Waals surface area contributed by atoms with E-state index in [1.807, 2.05) is 6.08 Å². The van der Waals surface area contributed by atoms with Gasteiger partial charge in [0, 0.05) is 31.3 Å². The minimum absolute atomic E-state index is 0.00860. The van der Waals surface area contributed by atoms with E-state index in [1.165, 1.54) is 31.8 Å². The van der Waals surface area contributed by atoms with Crippen LogP contribution in [0.1, 0.15) is 66.2 Å². The Labute approximate surface area is 186 Å². The summed E-state index contributed by atoms with van der Waals surface area (Å²) in [6, 6.07) is 0. The maximum Gasteiger partial charge on any atom is 0.223 e. The smallest absolute Gasteiger partial charge is 0.223 e. The zero-order valence-electron chi connectivity index (χ0n) is 19.5. The van der Waals surface area contributed by atoms with Crippen LogP contribution in [0.4, 0.5) is 0 Å². The fraction of sp³-hybridized carbons (Fsp3) is 0.731. The summed E-state index contributed by atoms with van der Waals surface area (Å²) in [5, 5.41) is 5.77. The Balaban J connectivity index is 1.45. The average molecular weight is 427 g/mol. The van der Waals surface area contributed by atoms with Crippen LogP contribution in [0.2, 0.25) is 0 Å². The van der Waals surface area contributed by atoms with E-state index in [0.717, 1.165) is 19.3 Å². The van der Waals surface area contributed by atoms with E-state index in [1.54, 1.807) is 6.08 Å². The zero-order valence-corrected chi connectivity index (χ0v) is 19.5. The first kappa shape index (κ1) is 22.3. The van der Waals surface area contributed by atoms with Crippen LogP contribution in [-0.4, -0.2) is 30.7 Å². The van der Waals surface area contributed by atoms with E-state index in [2.05, 4.69) is 37.5 Å². The van der Waals surface area contributed by atoms with Crippen LogP contribution in [0.5, 0.6) is 0 Å². The number of amides is 2. The molecule has 0 heterocycles. The van der Waals surface area contributed by atoms with Crippen molar-refractivity contribution in [1.29, 1.82) is 0 Å². The highest BCUT2D eigenvalue weighted by Crippen LogP contribution is 2.66. The summed E-state index contributed by atoms with van der Waals surface area (Å²) < 4.78 is 0. The van der Waals surface area contributed by atoms with Crippen LogP contribution in [-0.2, 0) is 14.4 Å². The highest BCUT2D eigenvalue weighted by Gasteiger charge is 2.59. The highest BCUT2D eigenvalue weighted by molar-refractivity contribution is 6.01. The minimum atomic E-state index is -0.0680. The summed E-state index contributed by atoms with van der Waals surface area (Å²) in [7, 11) is 0. The molecule has 0 saturated heterocycles. The van der Waals surface area contributed by atoms with Crippen LogP contribution in [0.3, 0.4) is 0 Å². The van der Waals surface area contributed by atoms with Gasteiger partial charge in [-0.05, 0) is 79.8 Å². The molecular formula is C26H38N2O3. The number of hydrogen-bond acceptors (Lipinski definition) is 3. The standard InChI is InChI=1S/C26H38N2O3/c1-16(24(31)28-14-13-27-17(2)29)21-7-8-22-20-6-5-18-15-19(30)9-11-25(18,3)23(20)10-12-26(21,22)4/h9,11,15-16,20-23H,5-8,10,12-14H2,1-4H3,(H,27,29)(H,28,31)/t16-,20-,21+,22-,23-,25-,26+/m0/s1.